The van der Waals surface area contributed by atoms with Crippen LogP contribution in [0.2, 0.25) is 0 Å². The van der Waals surface area contributed by atoms with Crippen LogP contribution in [0.25, 0.3) is 39.0 Å². The molecule has 0 aromatic heterocycles. The van der Waals surface area contributed by atoms with E-state index in [1.165, 1.54) is 71.1 Å². The minimum atomic E-state index is -0.0921. The number of allylic oxidation sites excluding steroid dienone is 3. The highest BCUT2D eigenvalue weighted by Gasteiger charge is 2.37. The monoisotopic (exact) mass is 748 g/mol. The van der Waals surface area contributed by atoms with E-state index in [-0.39, 0.29) is 5.41 Å². The first-order valence-corrected chi connectivity index (χ1v) is 20.4. The van der Waals surface area contributed by atoms with Crippen molar-refractivity contribution in [3.8, 4) is 33.4 Å². The van der Waals surface area contributed by atoms with Gasteiger partial charge >= 0.3 is 0 Å². The molecule has 1 aliphatic heterocycles. The van der Waals surface area contributed by atoms with Crippen molar-refractivity contribution in [2.45, 2.75) is 45.8 Å². The minimum Gasteiger partial charge on any atom is -0.333 e. The smallest absolute Gasteiger partial charge is 0.0462 e. The third-order valence-electron chi connectivity index (χ3n) is 10.7. The van der Waals surface area contributed by atoms with Gasteiger partial charge < -0.3 is 10.6 Å². The summed E-state index contributed by atoms with van der Waals surface area (Å²) in [5.74, 6) is 0. The normalized spacial score (nSPS) is 13.4. The summed E-state index contributed by atoms with van der Waals surface area (Å²) in [6.45, 7) is 10.8. The van der Waals surface area contributed by atoms with E-state index in [1.54, 1.807) is 0 Å². The van der Waals surface area contributed by atoms with E-state index < -0.39 is 0 Å². The Labute approximate surface area is 334 Å². The van der Waals surface area contributed by atoms with Gasteiger partial charge in [0.25, 0.3) is 0 Å². The zero-order chi connectivity index (χ0) is 38.1. The summed E-state index contributed by atoms with van der Waals surface area (Å²) in [5.41, 5.74) is 20.4. The largest absolute Gasteiger partial charge is 0.333 e. The highest BCUT2D eigenvalue weighted by Crippen LogP contribution is 2.56. The minimum absolute atomic E-state index is 0.0921. The van der Waals surface area contributed by atoms with Crippen molar-refractivity contribution in [2.75, 3.05) is 11.9 Å². The van der Waals surface area contributed by atoms with Crippen molar-refractivity contribution in [1.29, 1.82) is 0 Å². The van der Waals surface area contributed by atoms with Gasteiger partial charge in [-0.1, -0.05) is 147 Å². The molecule has 7 aromatic carbocycles. The third-order valence-corrected chi connectivity index (χ3v) is 13.2. The second kappa shape index (κ2) is 15.3. The standard InChI is InChI=1S/C50H39NS2.CH5N/c1-5-33(6-2)35-16-23-39(24-17-35)51(40-25-18-36(19-26-40)34-12-8-7-9-13-34)41-27-20-37(21-28-41)38-22-29-42-43-31-48-49(32-45(43)50(3,4)44(42)30-38)53-47-15-11-10-14-46(47)52-48;1-2/h5-32H,1H2,2-4H3;2H2,1H3/b33-6+;. The lowest BCUT2D eigenvalue weighted by atomic mass is 9.81. The van der Waals surface area contributed by atoms with Gasteiger partial charge in [0, 0.05) is 42.1 Å². The van der Waals surface area contributed by atoms with Crippen LogP contribution in [-0.2, 0) is 5.41 Å². The quantitative estimate of drug-likeness (QED) is 0.164. The summed E-state index contributed by atoms with van der Waals surface area (Å²) in [5, 5.41) is 0. The van der Waals surface area contributed by atoms with Crippen LogP contribution in [0.4, 0.5) is 17.1 Å². The molecule has 0 fully saturated rings. The Morgan fingerprint density at radius 1 is 0.527 bits per heavy atom. The van der Waals surface area contributed by atoms with Crippen LogP contribution in [0.3, 0.4) is 0 Å². The predicted molar refractivity (Wildman–Crippen MR) is 238 cm³/mol. The molecule has 2 N–H and O–H groups in total. The lowest BCUT2D eigenvalue weighted by molar-refractivity contribution is 0.658. The number of nitrogens with two attached hydrogens (primary N) is 1. The Bertz CT molecular complexity index is 2530. The zero-order valence-corrected chi connectivity index (χ0v) is 33.3. The average Bonchev–Trinajstić information content (AvgIpc) is 3.46. The average molecular weight is 749 g/mol. The molecule has 2 aliphatic rings. The number of nitrogens with zero attached hydrogens (tertiary/aromatic N) is 1. The van der Waals surface area contributed by atoms with E-state index in [0.717, 1.165) is 28.2 Å². The van der Waals surface area contributed by atoms with Gasteiger partial charge in [0.1, 0.15) is 0 Å². The van der Waals surface area contributed by atoms with Crippen molar-refractivity contribution in [3.05, 3.63) is 193 Å². The van der Waals surface area contributed by atoms with E-state index >= 15 is 0 Å². The van der Waals surface area contributed by atoms with Crippen molar-refractivity contribution in [3.63, 3.8) is 0 Å². The Balaban J connectivity index is 0.00000210. The zero-order valence-electron chi connectivity index (χ0n) is 31.7. The molecule has 7 aromatic rings. The Kier molecular flexibility index (Phi) is 10.2. The molecular weight excluding hydrogens is 705 g/mol. The van der Waals surface area contributed by atoms with Crippen molar-refractivity contribution < 1.29 is 0 Å². The maximum Gasteiger partial charge on any atom is 0.0462 e. The summed E-state index contributed by atoms with van der Waals surface area (Å²) in [6, 6.07) is 58.0. The van der Waals surface area contributed by atoms with E-state index in [9.17, 15) is 0 Å². The maximum absolute atomic E-state index is 4.50. The number of rotatable bonds is 7. The maximum atomic E-state index is 4.50. The fraction of sp³-hybridized carbons (Fsp3) is 0.0980. The fourth-order valence-electron chi connectivity index (χ4n) is 7.83. The van der Waals surface area contributed by atoms with Crippen LogP contribution in [0.5, 0.6) is 0 Å². The molecule has 1 aliphatic carbocycles. The summed E-state index contributed by atoms with van der Waals surface area (Å²) >= 11 is 3.80. The van der Waals surface area contributed by atoms with Gasteiger partial charge in [-0.05, 0) is 136 Å². The molecule has 4 heteroatoms. The first kappa shape index (κ1) is 36.5. The highest BCUT2D eigenvalue weighted by molar-refractivity contribution is 8.05. The number of hydrogen-bond donors (Lipinski definition) is 1. The first-order chi connectivity index (χ1) is 26.9. The molecule has 0 saturated carbocycles. The molecule has 0 amide bonds. The van der Waals surface area contributed by atoms with Crippen LogP contribution >= 0.6 is 23.5 Å². The van der Waals surface area contributed by atoms with Crippen LogP contribution in [0.1, 0.15) is 37.5 Å². The molecule has 0 spiro atoms. The molecule has 0 unspecified atom stereocenters. The van der Waals surface area contributed by atoms with Crippen LogP contribution in [-0.4, -0.2) is 7.05 Å². The van der Waals surface area contributed by atoms with Gasteiger partial charge in [-0.2, -0.15) is 0 Å². The van der Waals surface area contributed by atoms with Gasteiger partial charge in [-0.15, -0.1) is 0 Å². The Hall–Kier alpha value is -5.52. The van der Waals surface area contributed by atoms with Gasteiger partial charge in [0.15, 0.2) is 0 Å². The molecule has 0 saturated heterocycles. The second-order valence-electron chi connectivity index (χ2n) is 14.2. The van der Waals surface area contributed by atoms with Crippen molar-refractivity contribution in [2.24, 2.45) is 5.73 Å². The molecule has 0 radical (unpaired) electrons. The lowest BCUT2D eigenvalue weighted by Gasteiger charge is -2.26. The van der Waals surface area contributed by atoms with E-state index in [1.807, 2.05) is 29.6 Å². The SMILES string of the molecule is C=C/C(=C\C)c1ccc(N(c2ccc(-c3ccccc3)cc2)c2ccc(-c3ccc4c(c3)C(C)(C)c3cc5c(cc3-4)Sc3ccccc3S5)cc2)cc1.CN. The molecule has 9 rings (SSSR count). The first-order valence-electron chi connectivity index (χ1n) is 18.7. The number of anilines is 3. The number of fused-ring (bicyclic) bond motifs is 5. The predicted octanol–water partition coefficient (Wildman–Crippen LogP) is 14.6. The van der Waals surface area contributed by atoms with Gasteiger partial charge in [-0.25, -0.2) is 0 Å². The van der Waals surface area contributed by atoms with Crippen LogP contribution in [0, 0.1) is 0 Å². The Morgan fingerprint density at radius 3 is 1.56 bits per heavy atom. The van der Waals surface area contributed by atoms with E-state index in [4.69, 9.17) is 0 Å². The second-order valence-corrected chi connectivity index (χ2v) is 16.3. The van der Waals surface area contributed by atoms with Crippen molar-refractivity contribution in [1.82, 2.24) is 0 Å². The fourth-order valence-corrected chi connectivity index (χ4v) is 10.1. The van der Waals surface area contributed by atoms with E-state index in [2.05, 4.69) is 202 Å². The van der Waals surface area contributed by atoms with Crippen LogP contribution < -0.4 is 10.6 Å². The van der Waals surface area contributed by atoms with Gasteiger partial charge in [-0.3, -0.25) is 0 Å². The molecule has 0 atom stereocenters. The van der Waals surface area contributed by atoms with Gasteiger partial charge in [0.2, 0.25) is 0 Å². The summed E-state index contributed by atoms with van der Waals surface area (Å²) < 4.78 is 0. The third kappa shape index (κ3) is 6.76. The molecule has 2 nitrogen and oxygen atoms in total. The molecule has 0 bridgehead atoms. The molecule has 1 heterocycles. The highest BCUT2D eigenvalue weighted by atomic mass is 32.2. The van der Waals surface area contributed by atoms with E-state index in [0.29, 0.717) is 0 Å². The van der Waals surface area contributed by atoms with Crippen LogP contribution in [0.15, 0.2) is 196 Å². The van der Waals surface area contributed by atoms with Gasteiger partial charge in [0.05, 0.1) is 0 Å². The van der Waals surface area contributed by atoms with Crippen molar-refractivity contribution >= 4 is 46.2 Å². The summed E-state index contributed by atoms with van der Waals surface area (Å²) in [6.07, 6.45) is 4.02. The molecular formula is C51H44N2S2. The Morgan fingerprint density at radius 2 is 1.00 bits per heavy atom. The summed E-state index contributed by atoms with van der Waals surface area (Å²) in [7, 11) is 1.50. The molecule has 270 valence electrons. The lowest BCUT2D eigenvalue weighted by Crippen LogP contribution is -2.15. The number of benzene rings is 7. The number of hydrogen-bond acceptors (Lipinski definition) is 4. The summed E-state index contributed by atoms with van der Waals surface area (Å²) in [4.78, 5) is 7.74. The molecule has 55 heavy (non-hydrogen) atoms. The topological polar surface area (TPSA) is 29.3 Å².